The first kappa shape index (κ1) is 21.7. The molecule has 1 radical (unpaired) electrons. The van der Waals surface area contributed by atoms with Crippen molar-refractivity contribution in [3.05, 3.63) is 58.6 Å². The molecule has 3 aromatic rings. The number of nitrogen functional groups attached to an aromatic ring is 1. The van der Waals surface area contributed by atoms with Crippen molar-refractivity contribution in [2.24, 2.45) is 10.2 Å². The van der Waals surface area contributed by atoms with Crippen LogP contribution < -0.4 is 5.73 Å². The van der Waals surface area contributed by atoms with Gasteiger partial charge in [-0.3, -0.25) is 14.7 Å². The van der Waals surface area contributed by atoms with E-state index in [4.69, 9.17) is 5.73 Å². The van der Waals surface area contributed by atoms with Crippen LogP contribution in [0.1, 0.15) is 0 Å². The average molecular weight is 411 g/mol. The molecule has 0 unspecified atom stereocenters. The first-order valence-corrected chi connectivity index (χ1v) is 8.80. The van der Waals surface area contributed by atoms with Crippen LogP contribution in [0.2, 0.25) is 0 Å². The minimum Gasteiger partial charge on any atom is -0.505 e. The zero-order valence-electron chi connectivity index (χ0n) is 14.5. The number of phenolic OH excluding ortho intramolecular Hbond substituents is 1. The van der Waals surface area contributed by atoms with Crippen LogP contribution in [0, 0.1) is 10.1 Å². The molecule has 139 valence electrons. The number of nitrogens with two attached hydrogens (primary N) is 1. The van der Waals surface area contributed by atoms with Gasteiger partial charge in [-0.05, 0) is 41.8 Å². The molecule has 0 aliphatic carbocycles. The number of nitrogens with zero attached hydrogens (tertiary/aromatic N) is 3. The summed E-state index contributed by atoms with van der Waals surface area (Å²) in [4.78, 5) is 9.42. The number of aromatic hydroxyl groups is 1. The van der Waals surface area contributed by atoms with Crippen molar-refractivity contribution in [3.63, 3.8) is 0 Å². The van der Waals surface area contributed by atoms with Gasteiger partial charge in [0, 0.05) is 52.8 Å². The third-order valence-corrected chi connectivity index (χ3v) is 4.55. The van der Waals surface area contributed by atoms with Crippen molar-refractivity contribution >= 4 is 73.2 Å². The van der Waals surface area contributed by atoms with Crippen molar-refractivity contribution in [1.29, 1.82) is 0 Å². The molecule has 0 spiro atoms. The maximum atomic E-state index is 11.7. The number of rotatable bonds is 4. The average Bonchev–Trinajstić information content (AvgIpc) is 2.60. The predicted molar refractivity (Wildman–Crippen MR) is 103 cm³/mol. The van der Waals surface area contributed by atoms with E-state index in [0.29, 0.717) is 5.69 Å². The molecular formula is C16H12N4NaO6S. The van der Waals surface area contributed by atoms with E-state index in [-0.39, 0.29) is 51.7 Å². The minimum atomic E-state index is -4.73. The molecule has 0 saturated carbocycles. The smallest absolute Gasteiger partial charge is 0.296 e. The summed E-state index contributed by atoms with van der Waals surface area (Å²) in [5, 5.41) is 29.1. The molecular weight excluding hydrogens is 399 g/mol. The Hall–Kier alpha value is -2.57. The zero-order chi connectivity index (χ0) is 19.8. The van der Waals surface area contributed by atoms with E-state index < -0.39 is 31.4 Å². The van der Waals surface area contributed by atoms with E-state index in [0.717, 1.165) is 6.07 Å². The summed E-state index contributed by atoms with van der Waals surface area (Å²) in [7, 11) is -4.73. The Morgan fingerprint density at radius 1 is 1.04 bits per heavy atom. The fourth-order valence-electron chi connectivity index (χ4n) is 2.41. The summed E-state index contributed by atoms with van der Waals surface area (Å²) in [6.07, 6.45) is 0. The van der Waals surface area contributed by atoms with E-state index in [9.17, 15) is 28.2 Å². The number of benzene rings is 3. The van der Waals surface area contributed by atoms with Crippen LogP contribution in [0.25, 0.3) is 10.8 Å². The summed E-state index contributed by atoms with van der Waals surface area (Å²) in [6.45, 7) is 0. The summed E-state index contributed by atoms with van der Waals surface area (Å²) < 4.78 is 32.9. The Morgan fingerprint density at radius 3 is 2.25 bits per heavy atom. The Morgan fingerprint density at radius 2 is 1.68 bits per heavy atom. The third kappa shape index (κ3) is 4.46. The van der Waals surface area contributed by atoms with Crippen LogP contribution in [-0.2, 0) is 10.1 Å². The number of fused-ring (bicyclic) bond motifs is 1. The summed E-state index contributed by atoms with van der Waals surface area (Å²) in [5.41, 5.74) is 5.55. The Bertz CT molecular complexity index is 1200. The predicted octanol–water partition coefficient (Wildman–Crippen LogP) is 3.32. The van der Waals surface area contributed by atoms with Crippen LogP contribution in [0.4, 0.5) is 22.7 Å². The number of hydrogen-bond donors (Lipinski definition) is 3. The van der Waals surface area contributed by atoms with Crippen molar-refractivity contribution in [2.45, 2.75) is 4.90 Å². The molecule has 12 heteroatoms. The van der Waals surface area contributed by atoms with Gasteiger partial charge in [-0.2, -0.15) is 13.5 Å². The largest absolute Gasteiger partial charge is 0.505 e. The quantitative estimate of drug-likeness (QED) is 0.148. The van der Waals surface area contributed by atoms with E-state index in [2.05, 4.69) is 10.2 Å². The Kier molecular flexibility index (Phi) is 6.37. The SMILES string of the molecule is Nc1ccc2c(O)c(N=Nc3ccc([N+](=O)[O-])cc3)c(S(=O)(=O)O)cc2c1.[Na]. The van der Waals surface area contributed by atoms with Crippen LogP contribution in [0.15, 0.2) is 63.7 Å². The van der Waals surface area contributed by atoms with Gasteiger partial charge >= 0.3 is 0 Å². The number of nitro benzene ring substituents is 1. The van der Waals surface area contributed by atoms with E-state index in [1.165, 1.54) is 42.5 Å². The molecule has 10 nitrogen and oxygen atoms in total. The summed E-state index contributed by atoms with van der Waals surface area (Å²) >= 11 is 0. The number of azo groups is 1. The number of phenols is 1. The van der Waals surface area contributed by atoms with Crippen LogP contribution in [-0.4, -0.2) is 52.6 Å². The van der Waals surface area contributed by atoms with Crippen molar-refractivity contribution in [3.8, 4) is 5.75 Å². The van der Waals surface area contributed by atoms with Gasteiger partial charge in [0.1, 0.15) is 10.6 Å². The van der Waals surface area contributed by atoms with Crippen LogP contribution >= 0.6 is 0 Å². The number of non-ortho nitro benzene ring substituents is 1. The van der Waals surface area contributed by atoms with E-state index >= 15 is 0 Å². The second kappa shape index (κ2) is 8.20. The van der Waals surface area contributed by atoms with Gasteiger partial charge in [0.2, 0.25) is 0 Å². The minimum absolute atomic E-state index is 0. The van der Waals surface area contributed by atoms with Gasteiger partial charge in [0.05, 0.1) is 10.6 Å². The topological polar surface area (TPSA) is 168 Å². The fourth-order valence-corrected chi connectivity index (χ4v) is 3.07. The monoisotopic (exact) mass is 411 g/mol. The molecule has 4 N–H and O–H groups in total. The number of nitro groups is 1. The normalized spacial score (nSPS) is 11.5. The molecule has 0 saturated heterocycles. The third-order valence-electron chi connectivity index (χ3n) is 3.68. The van der Waals surface area contributed by atoms with Gasteiger partial charge in [0.15, 0.2) is 5.75 Å². The maximum absolute atomic E-state index is 11.7. The Balaban J connectivity index is 0.00000280. The molecule has 0 aromatic heterocycles. The standard InChI is InChI=1S/C16H12N4O6S.Na/c17-10-1-6-13-9(7-10)8-14(27(24,25)26)15(16(13)21)19-18-11-2-4-12(5-3-11)20(22)23;/h1-8,21H,17H2,(H,24,25,26);. The van der Waals surface area contributed by atoms with Crippen LogP contribution in [0.5, 0.6) is 5.75 Å². The molecule has 0 bridgehead atoms. The van der Waals surface area contributed by atoms with E-state index in [1.807, 2.05) is 0 Å². The molecule has 0 aliphatic rings. The second-order valence-corrected chi connectivity index (χ2v) is 6.89. The van der Waals surface area contributed by atoms with E-state index in [1.54, 1.807) is 0 Å². The Labute approximate surface area is 180 Å². The fraction of sp³-hybridized carbons (Fsp3) is 0. The zero-order valence-corrected chi connectivity index (χ0v) is 17.3. The van der Waals surface area contributed by atoms with Gasteiger partial charge in [0.25, 0.3) is 15.8 Å². The first-order chi connectivity index (χ1) is 12.7. The molecule has 0 amide bonds. The molecule has 0 aliphatic heterocycles. The molecule has 3 aromatic carbocycles. The van der Waals surface area contributed by atoms with Gasteiger partial charge in [-0.25, -0.2) is 0 Å². The second-order valence-electron chi connectivity index (χ2n) is 5.50. The van der Waals surface area contributed by atoms with Crippen molar-refractivity contribution in [2.75, 3.05) is 5.73 Å². The van der Waals surface area contributed by atoms with Gasteiger partial charge < -0.3 is 10.8 Å². The molecule has 0 atom stereocenters. The van der Waals surface area contributed by atoms with Gasteiger partial charge in [-0.1, -0.05) is 0 Å². The summed E-state index contributed by atoms with van der Waals surface area (Å²) in [6, 6.07) is 10.5. The first-order valence-electron chi connectivity index (χ1n) is 7.36. The maximum Gasteiger partial charge on any atom is 0.296 e. The molecule has 0 fully saturated rings. The van der Waals surface area contributed by atoms with Crippen LogP contribution in [0.3, 0.4) is 0 Å². The van der Waals surface area contributed by atoms with Crippen molar-refractivity contribution in [1.82, 2.24) is 0 Å². The molecule has 28 heavy (non-hydrogen) atoms. The molecule has 0 heterocycles. The van der Waals surface area contributed by atoms with Crippen molar-refractivity contribution < 1.29 is 23.0 Å². The number of hydrogen-bond acceptors (Lipinski definition) is 8. The molecule has 3 rings (SSSR count). The number of anilines is 1. The van der Waals surface area contributed by atoms with Gasteiger partial charge in [-0.15, -0.1) is 5.11 Å². The summed E-state index contributed by atoms with van der Waals surface area (Å²) in [5.74, 6) is -0.509.